The van der Waals surface area contributed by atoms with Crippen LogP contribution >= 0.6 is 11.9 Å². The number of carbonyl (C=O) groups is 1. The lowest BCUT2D eigenvalue weighted by molar-refractivity contribution is 0.0750. The maximum Gasteiger partial charge on any atom is 0.360 e. The van der Waals surface area contributed by atoms with Crippen molar-refractivity contribution in [1.29, 1.82) is 0 Å². The Bertz CT molecular complexity index is 380. The minimum Gasteiger partial charge on any atom is -0.382 e. The van der Waals surface area contributed by atoms with Gasteiger partial charge >= 0.3 is 5.97 Å². The molecule has 0 saturated heterocycles. The third-order valence-corrected chi connectivity index (χ3v) is 2.22. The minimum atomic E-state index is -0.574. The number of hydrogen-bond acceptors (Lipinski definition) is 4. The second kappa shape index (κ2) is 5.70. The average Bonchev–Trinajstić information content (AvgIpc) is 2.27. The van der Waals surface area contributed by atoms with Crippen LogP contribution in [0.15, 0.2) is 12.3 Å². The first-order valence-corrected chi connectivity index (χ1v) is 5.48. The summed E-state index contributed by atoms with van der Waals surface area (Å²) in [7, 11) is 0. The smallest absolute Gasteiger partial charge is 0.360 e. The number of nitrogens with one attached hydrogen (secondary N) is 1. The summed E-state index contributed by atoms with van der Waals surface area (Å²) in [5.74, 6) is -0.574. The summed E-state index contributed by atoms with van der Waals surface area (Å²) >= 11 is 5.12. The number of nitrogens with zero attached hydrogens (tertiary/aromatic N) is 1. The van der Waals surface area contributed by atoms with Crippen LogP contribution in [0.2, 0.25) is 0 Å². The molecule has 1 rings (SSSR count). The van der Waals surface area contributed by atoms with E-state index in [1.54, 1.807) is 12.3 Å². The van der Waals surface area contributed by atoms with E-state index in [1.807, 2.05) is 20.8 Å². The van der Waals surface area contributed by atoms with E-state index in [4.69, 9.17) is 11.9 Å². The normalized spacial score (nSPS) is 10.3. The van der Waals surface area contributed by atoms with Gasteiger partial charge in [-0.3, -0.25) is 4.98 Å². The van der Waals surface area contributed by atoms with Gasteiger partial charge in [0.1, 0.15) is 17.4 Å². The first-order valence-electron chi connectivity index (χ1n) is 5.17. The van der Waals surface area contributed by atoms with E-state index in [9.17, 15) is 4.79 Å². The molecule has 88 valence electrons. The van der Waals surface area contributed by atoms with Crippen molar-refractivity contribution < 1.29 is 9.08 Å². The first kappa shape index (κ1) is 12.8. The predicted octanol–water partition coefficient (Wildman–Crippen LogP) is 2.77. The maximum atomic E-state index is 11.6. The highest BCUT2D eigenvalue weighted by Gasteiger charge is 2.18. The number of carbonyl (C=O) groups excluding carboxylic acids is 1. The number of aromatic nitrogens is 1. The zero-order chi connectivity index (χ0) is 12.1. The summed E-state index contributed by atoms with van der Waals surface area (Å²) in [6.07, 6.45) is 2.31. The number of rotatable bonds is 4. The van der Waals surface area contributed by atoms with Gasteiger partial charge in [-0.15, -0.1) is 0 Å². The van der Waals surface area contributed by atoms with Crippen LogP contribution in [0.1, 0.15) is 36.8 Å². The van der Waals surface area contributed by atoms with Crippen molar-refractivity contribution in [3.63, 3.8) is 0 Å². The molecule has 0 aliphatic heterocycles. The van der Waals surface area contributed by atoms with Crippen molar-refractivity contribution in [3.05, 3.63) is 23.5 Å². The Balaban J connectivity index is 3.20. The number of pyridine rings is 1. The zero-order valence-electron chi connectivity index (χ0n) is 9.58. The standard InChI is InChI=1S/C11H15ClN2O2/c1-4-8-10(11(15)16-12)9(5-6-13-8)14-7(2)3/h5-7H,4H2,1-3H3,(H,13,14). The van der Waals surface area contributed by atoms with Gasteiger partial charge in [0.2, 0.25) is 0 Å². The summed E-state index contributed by atoms with van der Waals surface area (Å²) in [6.45, 7) is 5.90. The van der Waals surface area contributed by atoms with Gasteiger partial charge in [-0.05, 0) is 26.3 Å². The maximum absolute atomic E-state index is 11.6. The molecular weight excluding hydrogens is 228 g/mol. The fourth-order valence-corrected chi connectivity index (χ4v) is 1.55. The highest BCUT2D eigenvalue weighted by Crippen LogP contribution is 2.21. The molecule has 1 aromatic heterocycles. The molecule has 4 nitrogen and oxygen atoms in total. The molecule has 1 aromatic rings. The summed E-state index contributed by atoms with van der Waals surface area (Å²) in [6, 6.07) is 1.96. The van der Waals surface area contributed by atoms with Gasteiger partial charge in [-0.2, -0.15) is 0 Å². The molecule has 0 aliphatic carbocycles. The second-order valence-electron chi connectivity index (χ2n) is 3.70. The van der Waals surface area contributed by atoms with Crippen molar-refractivity contribution in [3.8, 4) is 0 Å². The lowest BCUT2D eigenvalue weighted by atomic mass is 10.1. The van der Waals surface area contributed by atoms with Crippen LogP contribution in [-0.2, 0) is 10.7 Å². The molecule has 0 bridgehead atoms. The lowest BCUT2D eigenvalue weighted by Gasteiger charge is -2.14. The molecule has 0 spiro atoms. The molecule has 0 atom stereocenters. The Labute approximate surface area is 100 Å². The van der Waals surface area contributed by atoms with Crippen molar-refractivity contribution in [2.45, 2.75) is 33.2 Å². The van der Waals surface area contributed by atoms with E-state index < -0.39 is 5.97 Å². The number of halogens is 1. The molecule has 1 N–H and O–H groups in total. The van der Waals surface area contributed by atoms with Gasteiger partial charge in [0.25, 0.3) is 0 Å². The predicted molar refractivity (Wildman–Crippen MR) is 63.6 cm³/mol. The summed E-state index contributed by atoms with van der Waals surface area (Å²) < 4.78 is 4.25. The van der Waals surface area contributed by atoms with Crippen LogP contribution in [0.3, 0.4) is 0 Å². The molecular formula is C11H15ClN2O2. The quantitative estimate of drug-likeness (QED) is 0.882. The van der Waals surface area contributed by atoms with E-state index in [0.717, 1.165) is 0 Å². The Morgan fingerprint density at radius 2 is 2.31 bits per heavy atom. The highest BCUT2D eigenvalue weighted by atomic mass is 35.5. The van der Waals surface area contributed by atoms with Crippen molar-refractivity contribution in [1.82, 2.24) is 4.98 Å². The van der Waals surface area contributed by atoms with Crippen LogP contribution < -0.4 is 5.32 Å². The van der Waals surface area contributed by atoms with E-state index in [-0.39, 0.29) is 6.04 Å². The van der Waals surface area contributed by atoms with Gasteiger partial charge in [-0.25, -0.2) is 4.79 Å². The molecule has 16 heavy (non-hydrogen) atoms. The molecule has 0 fully saturated rings. The van der Waals surface area contributed by atoms with Crippen LogP contribution in [-0.4, -0.2) is 17.0 Å². The number of anilines is 1. The van der Waals surface area contributed by atoms with Gasteiger partial charge in [0, 0.05) is 12.2 Å². The van der Waals surface area contributed by atoms with Gasteiger partial charge in [0.05, 0.1) is 11.4 Å². The van der Waals surface area contributed by atoms with E-state index in [2.05, 4.69) is 14.6 Å². The Hall–Kier alpha value is -1.29. The highest BCUT2D eigenvalue weighted by molar-refractivity contribution is 6.17. The van der Waals surface area contributed by atoms with Gasteiger partial charge < -0.3 is 9.61 Å². The third-order valence-electron chi connectivity index (χ3n) is 2.08. The van der Waals surface area contributed by atoms with E-state index >= 15 is 0 Å². The number of hydrogen-bond donors (Lipinski definition) is 1. The molecule has 1 heterocycles. The van der Waals surface area contributed by atoms with Crippen molar-refractivity contribution in [2.75, 3.05) is 5.32 Å². The molecule has 0 saturated carbocycles. The topological polar surface area (TPSA) is 51.2 Å². The summed E-state index contributed by atoms with van der Waals surface area (Å²) in [5.41, 5.74) is 1.79. The minimum absolute atomic E-state index is 0.217. The molecule has 0 amide bonds. The molecule has 0 aliphatic rings. The van der Waals surface area contributed by atoms with Crippen LogP contribution in [0.25, 0.3) is 0 Å². The molecule has 0 unspecified atom stereocenters. The van der Waals surface area contributed by atoms with Crippen molar-refractivity contribution >= 4 is 23.5 Å². The van der Waals surface area contributed by atoms with Crippen molar-refractivity contribution in [2.24, 2.45) is 0 Å². The summed E-state index contributed by atoms with van der Waals surface area (Å²) in [5, 5.41) is 3.16. The van der Waals surface area contributed by atoms with Gasteiger partial charge in [0.15, 0.2) is 0 Å². The average molecular weight is 243 g/mol. The SMILES string of the molecule is CCc1nccc(NC(C)C)c1C(=O)OCl. The zero-order valence-corrected chi connectivity index (χ0v) is 10.3. The molecule has 0 radical (unpaired) electrons. The van der Waals surface area contributed by atoms with Crippen LogP contribution in [0.4, 0.5) is 5.69 Å². The van der Waals surface area contributed by atoms with Crippen LogP contribution in [0.5, 0.6) is 0 Å². The fraction of sp³-hybridized carbons (Fsp3) is 0.455. The van der Waals surface area contributed by atoms with E-state index in [1.165, 1.54) is 0 Å². The monoisotopic (exact) mass is 242 g/mol. The fourth-order valence-electron chi connectivity index (χ4n) is 1.47. The van der Waals surface area contributed by atoms with Gasteiger partial charge in [-0.1, -0.05) is 6.92 Å². The second-order valence-corrected chi connectivity index (χ2v) is 3.85. The number of aryl methyl sites for hydroxylation is 1. The third kappa shape index (κ3) is 2.85. The lowest BCUT2D eigenvalue weighted by Crippen LogP contribution is -2.16. The van der Waals surface area contributed by atoms with Crippen LogP contribution in [0, 0.1) is 0 Å². The summed E-state index contributed by atoms with van der Waals surface area (Å²) in [4.78, 5) is 15.7. The first-order chi connectivity index (χ1) is 7.60. The molecule has 5 heteroatoms. The largest absolute Gasteiger partial charge is 0.382 e. The van der Waals surface area contributed by atoms with E-state index in [0.29, 0.717) is 23.4 Å². The molecule has 0 aromatic carbocycles. The Morgan fingerprint density at radius 3 is 2.81 bits per heavy atom. The Morgan fingerprint density at radius 1 is 1.62 bits per heavy atom. The Kier molecular flexibility index (Phi) is 4.55.